The first-order valence-electron chi connectivity index (χ1n) is 7.07. The van der Waals surface area contributed by atoms with Gasteiger partial charge >= 0.3 is 0 Å². The summed E-state index contributed by atoms with van der Waals surface area (Å²) in [7, 11) is 0. The molecule has 22 heavy (non-hydrogen) atoms. The number of phenols is 2. The maximum atomic E-state index is 13.3. The van der Waals surface area contributed by atoms with Gasteiger partial charge in [0.05, 0.1) is 5.52 Å². The largest absolute Gasteiger partial charge is 0.507 e. The van der Waals surface area contributed by atoms with Crippen molar-refractivity contribution < 1.29 is 14.6 Å². The highest BCUT2D eigenvalue weighted by Gasteiger charge is 2.14. The van der Waals surface area contributed by atoms with Crippen LogP contribution in [0.25, 0.3) is 22.0 Å². The fourth-order valence-corrected chi connectivity index (χ4v) is 2.64. The van der Waals surface area contributed by atoms with Gasteiger partial charge in [-0.2, -0.15) is 0 Å². The molecule has 3 rings (SSSR count). The van der Waals surface area contributed by atoms with Crippen LogP contribution < -0.4 is 0 Å². The van der Waals surface area contributed by atoms with Crippen LogP contribution in [-0.2, 0) is 0 Å². The zero-order valence-corrected chi connectivity index (χ0v) is 12.3. The summed E-state index contributed by atoms with van der Waals surface area (Å²) in [4.78, 5) is 4.29. The van der Waals surface area contributed by atoms with Crippen LogP contribution in [0.1, 0.15) is 25.3 Å². The predicted octanol–water partition coefficient (Wildman–Crippen LogP) is 4.58. The van der Waals surface area contributed by atoms with Crippen molar-refractivity contribution in [3.63, 3.8) is 0 Å². The molecule has 0 aliphatic rings. The minimum Gasteiger partial charge on any atom is -0.507 e. The number of rotatable bonds is 2. The van der Waals surface area contributed by atoms with Gasteiger partial charge in [0.15, 0.2) is 0 Å². The van der Waals surface area contributed by atoms with Gasteiger partial charge in [-0.3, -0.25) is 4.98 Å². The smallest absolute Gasteiger partial charge is 0.123 e. The number of benzene rings is 2. The van der Waals surface area contributed by atoms with Crippen molar-refractivity contribution in [2.24, 2.45) is 0 Å². The van der Waals surface area contributed by atoms with E-state index in [2.05, 4.69) is 4.98 Å². The quantitative estimate of drug-likeness (QED) is 0.728. The molecular formula is C18H16FNO2. The van der Waals surface area contributed by atoms with Crippen molar-refractivity contribution in [1.82, 2.24) is 4.98 Å². The molecule has 3 aromatic rings. The number of pyridine rings is 1. The van der Waals surface area contributed by atoms with Gasteiger partial charge in [0.1, 0.15) is 17.3 Å². The minimum atomic E-state index is -0.327. The highest BCUT2D eigenvalue weighted by atomic mass is 19.1. The van der Waals surface area contributed by atoms with E-state index in [0.717, 1.165) is 0 Å². The van der Waals surface area contributed by atoms with Gasteiger partial charge in [-0.15, -0.1) is 0 Å². The van der Waals surface area contributed by atoms with Crippen LogP contribution in [0.3, 0.4) is 0 Å². The lowest BCUT2D eigenvalue weighted by atomic mass is 9.96. The molecule has 0 aliphatic carbocycles. The number of halogens is 1. The fraction of sp³-hybridized carbons (Fsp3) is 0.167. The number of phenolic OH excluding ortho intramolecular Hbond substituents is 2. The van der Waals surface area contributed by atoms with Crippen LogP contribution in [-0.4, -0.2) is 15.2 Å². The highest BCUT2D eigenvalue weighted by molar-refractivity contribution is 5.84. The van der Waals surface area contributed by atoms with Gasteiger partial charge in [0.2, 0.25) is 0 Å². The molecular weight excluding hydrogens is 281 g/mol. The summed E-state index contributed by atoms with van der Waals surface area (Å²) >= 11 is 0. The van der Waals surface area contributed by atoms with Gasteiger partial charge in [0.25, 0.3) is 0 Å². The summed E-state index contributed by atoms with van der Waals surface area (Å²) in [5.41, 5.74) is 2.55. The molecule has 3 nitrogen and oxygen atoms in total. The summed E-state index contributed by atoms with van der Waals surface area (Å²) in [6.07, 6.45) is 1.64. The van der Waals surface area contributed by atoms with E-state index >= 15 is 0 Å². The molecule has 112 valence electrons. The number of nitrogens with zero attached hydrogens (tertiary/aromatic N) is 1. The molecule has 0 atom stereocenters. The second-order valence-corrected chi connectivity index (χ2v) is 5.64. The standard InChI is InChI=1S/C18H16FNO2/c1-10(2)18-16(21)7-11(8-17(18)22)13-5-12-6-14(19)3-4-15(12)20-9-13/h3-10,21-22H,1-2H3. The number of hydrogen-bond donors (Lipinski definition) is 2. The van der Waals surface area contributed by atoms with Gasteiger partial charge in [-0.05, 0) is 47.9 Å². The van der Waals surface area contributed by atoms with Gasteiger partial charge in [-0.1, -0.05) is 13.8 Å². The Hall–Kier alpha value is -2.62. The fourth-order valence-electron chi connectivity index (χ4n) is 2.64. The van der Waals surface area contributed by atoms with E-state index in [1.165, 1.54) is 12.1 Å². The van der Waals surface area contributed by atoms with E-state index in [-0.39, 0.29) is 23.2 Å². The zero-order chi connectivity index (χ0) is 15.9. The SMILES string of the molecule is CC(C)c1c(O)cc(-c2cnc3ccc(F)cc3c2)cc1O. The van der Waals surface area contributed by atoms with Crippen molar-refractivity contribution in [3.05, 3.63) is 54.0 Å². The lowest BCUT2D eigenvalue weighted by Gasteiger charge is -2.13. The predicted molar refractivity (Wildman–Crippen MR) is 84.6 cm³/mol. The maximum Gasteiger partial charge on any atom is 0.123 e. The number of aromatic nitrogens is 1. The van der Waals surface area contributed by atoms with E-state index in [4.69, 9.17) is 0 Å². The zero-order valence-electron chi connectivity index (χ0n) is 12.3. The summed E-state index contributed by atoms with van der Waals surface area (Å²) in [6, 6.07) is 9.37. The second-order valence-electron chi connectivity index (χ2n) is 5.64. The molecule has 0 radical (unpaired) electrons. The Morgan fingerprint density at radius 3 is 2.27 bits per heavy atom. The summed E-state index contributed by atoms with van der Waals surface area (Å²) in [6.45, 7) is 3.80. The number of fused-ring (bicyclic) bond motifs is 1. The Bertz CT molecular complexity index is 836. The summed E-state index contributed by atoms with van der Waals surface area (Å²) in [5.74, 6) is -0.223. The molecule has 2 aromatic carbocycles. The Kier molecular flexibility index (Phi) is 3.45. The Morgan fingerprint density at radius 1 is 0.955 bits per heavy atom. The molecule has 0 amide bonds. The Morgan fingerprint density at radius 2 is 1.64 bits per heavy atom. The Labute approximate surface area is 127 Å². The molecule has 1 heterocycles. The van der Waals surface area contributed by atoms with Gasteiger partial charge < -0.3 is 10.2 Å². The second kappa shape index (κ2) is 5.30. The van der Waals surface area contributed by atoms with Crippen LogP contribution in [0.2, 0.25) is 0 Å². The topological polar surface area (TPSA) is 53.4 Å². The maximum absolute atomic E-state index is 13.3. The molecule has 1 aromatic heterocycles. The first kappa shape index (κ1) is 14.3. The molecule has 4 heteroatoms. The third-order valence-electron chi connectivity index (χ3n) is 3.69. The minimum absolute atomic E-state index is 0.0119. The van der Waals surface area contributed by atoms with Crippen LogP contribution in [0, 0.1) is 5.82 Å². The first-order valence-corrected chi connectivity index (χ1v) is 7.07. The monoisotopic (exact) mass is 297 g/mol. The van der Waals surface area contributed by atoms with Crippen LogP contribution >= 0.6 is 0 Å². The van der Waals surface area contributed by atoms with E-state index in [1.54, 1.807) is 30.5 Å². The van der Waals surface area contributed by atoms with Crippen LogP contribution in [0.15, 0.2) is 42.6 Å². The number of aromatic hydroxyl groups is 2. The lowest BCUT2D eigenvalue weighted by Crippen LogP contribution is -1.91. The summed E-state index contributed by atoms with van der Waals surface area (Å²) in [5, 5.41) is 20.9. The summed E-state index contributed by atoms with van der Waals surface area (Å²) < 4.78 is 13.3. The van der Waals surface area contributed by atoms with Crippen molar-refractivity contribution in [2.45, 2.75) is 19.8 Å². The average Bonchev–Trinajstić information content (AvgIpc) is 2.45. The molecule has 0 aliphatic heterocycles. The van der Waals surface area contributed by atoms with Crippen molar-refractivity contribution in [1.29, 1.82) is 0 Å². The van der Waals surface area contributed by atoms with E-state index < -0.39 is 0 Å². The van der Waals surface area contributed by atoms with E-state index in [1.807, 2.05) is 13.8 Å². The normalized spacial score (nSPS) is 11.3. The van der Waals surface area contributed by atoms with E-state index in [9.17, 15) is 14.6 Å². The highest BCUT2D eigenvalue weighted by Crippen LogP contribution is 2.38. The number of hydrogen-bond acceptors (Lipinski definition) is 3. The van der Waals surface area contributed by atoms with Crippen molar-refractivity contribution >= 4 is 10.9 Å². The lowest BCUT2D eigenvalue weighted by molar-refractivity contribution is 0.434. The molecule has 0 fully saturated rings. The van der Waals surface area contributed by atoms with Gasteiger partial charge in [-0.25, -0.2) is 4.39 Å². The molecule has 0 bridgehead atoms. The van der Waals surface area contributed by atoms with Crippen molar-refractivity contribution in [3.8, 4) is 22.6 Å². The van der Waals surface area contributed by atoms with Crippen LogP contribution in [0.4, 0.5) is 4.39 Å². The first-order chi connectivity index (χ1) is 10.5. The average molecular weight is 297 g/mol. The molecule has 0 saturated heterocycles. The third-order valence-corrected chi connectivity index (χ3v) is 3.69. The molecule has 0 saturated carbocycles. The Balaban J connectivity index is 2.15. The van der Waals surface area contributed by atoms with Crippen molar-refractivity contribution in [2.75, 3.05) is 0 Å². The van der Waals surface area contributed by atoms with Crippen LogP contribution in [0.5, 0.6) is 11.5 Å². The molecule has 0 spiro atoms. The van der Waals surface area contributed by atoms with E-state index in [0.29, 0.717) is 27.6 Å². The molecule has 2 N–H and O–H groups in total. The third kappa shape index (κ3) is 2.48. The molecule has 0 unspecified atom stereocenters. The van der Waals surface area contributed by atoms with Gasteiger partial charge in [0, 0.05) is 22.7 Å².